The fourth-order valence-corrected chi connectivity index (χ4v) is 2.06. The third kappa shape index (κ3) is 4.88. The molecule has 0 saturated carbocycles. The lowest BCUT2D eigenvalue weighted by Gasteiger charge is -2.21. The van der Waals surface area contributed by atoms with Gasteiger partial charge in [0.25, 0.3) is 0 Å². The fraction of sp³-hybridized carbons (Fsp3) is 1.00. The van der Waals surface area contributed by atoms with Crippen molar-refractivity contribution < 1.29 is 13.6 Å². The Kier molecular flexibility index (Phi) is 5.02. The van der Waals surface area contributed by atoms with Crippen LogP contribution in [0, 0.1) is 0 Å². The quantitative estimate of drug-likeness (QED) is 0.683. The van der Waals surface area contributed by atoms with Crippen molar-refractivity contribution in [2.45, 2.75) is 39.9 Å². The Morgan fingerprint density at radius 2 is 1.42 bits per heavy atom. The van der Waals surface area contributed by atoms with E-state index >= 15 is 0 Å². The summed E-state index contributed by atoms with van der Waals surface area (Å²) in [5.41, 5.74) is 0. The zero-order valence-electron chi connectivity index (χ0n) is 8.33. The van der Waals surface area contributed by atoms with Gasteiger partial charge >= 0.3 is 7.75 Å². The van der Waals surface area contributed by atoms with Gasteiger partial charge in [-0.1, -0.05) is 0 Å². The first-order chi connectivity index (χ1) is 5.39. The van der Waals surface area contributed by atoms with Crippen molar-refractivity contribution in [1.29, 1.82) is 0 Å². The molecule has 4 nitrogen and oxygen atoms in total. The molecule has 0 aliphatic heterocycles. The first-order valence-electron chi connectivity index (χ1n) is 4.05. The molecule has 0 aromatic heterocycles. The SMILES string of the molecule is CNP(=O)(OC(C)C)OC(C)C. The Hall–Kier alpha value is 0.110. The molecule has 0 heterocycles. The second kappa shape index (κ2) is 4.97. The standard InChI is InChI=1S/C7H18NO3P/c1-6(2)10-12(9,8-5)11-7(3)4/h6-7H,1-5H3,(H,8,9). The number of nitrogens with one attached hydrogen (secondary N) is 1. The second-order valence-corrected chi connectivity index (χ2v) is 4.89. The molecule has 0 amide bonds. The van der Waals surface area contributed by atoms with E-state index in [2.05, 4.69) is 5.09 Å². The Bertz CT molecular complexity index is 156. The third-order valence-electron chi connectivity index (χ3n) is 0.973. The van der Waals surface area contributed by atoms with E-state index in [0.717, 1.165) is 0 Å². The van der Waals surface area contributed by atoms with Gasteiger partial charge in [-0.3, -0.25) is 9.05 Å². The number of rotatable bonds is 5. The maximum Gasteiger partial charge on any atom is 0.405 e. The monoisotopic (exact) mass is 195 g/mol. The van der Waals surface area contributed by atoms with Crippen LogP contribution in [0.2, 0.25) is 0 Å². The molecule has 74 valence electrons. The molecule has 0 spiro atoms. The predicted octanol–water partition coefficient (Wildman–Crippen LogP) is 2.16. The van der Waals surface area contributed by atoms with Gasteiger partial charge in [0.1, 0.15) is 0 Å². The van der Waals surface area contributed by atoms with E-state index in [1.807, 2.05) is 27.7 Å². The summed E-state index contributed by atoms with van der Waals surface area (Å²) in [6, 6.07) is 0. The van der Waals surface area contributed by atoms with Crippen LogP contribution in [-0.2, 0) is 13.6 Å². The van der Waals surface area contributed by atoms with Gasteiger partial charge in [-0.2, -0.15) is 0 Å². The van der Waals surface area contributed by atoms with Crippen molar-refractivity contribution in [3.8, 4) is 0 Å². The Labute approximate surface area is 74.2 Å². The summed E-state index contributed by atoms with van der Waals surface area (Å²) in [4.78, 5) is 0. The molecule has 0 aromatic rings. The van der Waals surface area contributed by atoms with Crippen LogP contribution in [-0.4, -0.2) is 19.3 Å². The highest BCUT2D eigenvalue weighted by Crippen LogP contribution is 2.45. The van der Waals surface area contributed by atoms with Gasteiger partial charge in [0.05, 0.1) is 12.2 Å². The molecule has 0 radical (unpaired) electrons. The van der Waals surface area contributed by atoms with Crippen LogP contribution in [0.25, 0.3) is 0 Å². The van der Waals surface area contributed by atoms with Gasteiger partial charge in [0, 0.05) is 0 Å². The minimum atomic E-state index is -3.06. The van der Waals surface area contributed by atoms with Gasteiger partial charge in [-0.05, 0) is 34.7 Å². The molecule has 5 heteroatoms. The smallest absolute Gasteiger partial charge is 0.294 e. The first-order valence-corrected chi connectivity index (χ1v) is 5.59. The van der Waals surface area contributed by atoms with Crippen molar-refractivity contribution in [2.24, 2.45) is 0 Å². The topological polar surface area (TPSA) is 47.6 Å². The Balaban J connectivity index is 4.15. The van der Waals surface area contributed by atoms with Crippen LogP contribution in [0.15, 0.2) is 0 Å². The molecule has 0 saturated heterocycles. The van der Waals surface area contributed by atoms with E-state index in [1.165, 1.54) is 0 Å². The van der Waals surface area contributed by atoms with Crippen LogP contribution >= 0.6 is 7.75 Å². The summed E-state index contributed by atoms with van der Waals surface area (Å²) in [5, 5.41) is 2.55. The summed E-state index contributed by atoms with van der Waals surface area (Å²) in [6.45, 7) is 7.25. The summed E-state index contributed by atoms with van der Waals surface area (Å²) in [5.74, 6) is 0. The van der Waals surface area contributed by atoms with Crippen molar-refractivity contribution in [1.82, 2.24) is 5.09 Å². The maximum absolute atomic E-state index is 11.6. The predicted molar refractivity (Wildman–Crippen MR) is 49.1 cm³/mol. The first kappa shape index (κ1) is 12.1. The summed E-state index contributed by atoms with van der Waals surface area (Å²) >= 11 is 0. The molecule has 1 N–H and O–H groups in total. The summed E-state index contributed by atoms with van der Waals surface area (Å²) in [7, 11) is -1.50. The molecular formula is C7H18NO3P. The normalized spacial score (nSPS) is 12.9. The largest absolute Gasteiger partial charge is 0.405 e. The van der Waals surface area contributed by atoms with Crippen LogP contribution in [0.5, 0.6) is 0 Å². The average molecular weight is 195 g/mol. The van der Waals surface area contributed by atoms with Crippen LogP contribution in [0.3, 0.4) is 0 Å². The van der Waals surface area contributed by atoms with Crippen LogP contribution in [0.1, 0.15) is 27.7 Å². The lowest BCUT2D eigenvalue weighted by Crippen LogP contribution is -2.16. The van der Waals surface area contributed by atoms with Gasteiger partial charge < -0.3 is 0 Å². The van der Waals surface area contributed by atoms with E-state index in [-0.39, 0.29) is 12.2 Å². The Morgan fingerprint density at radius 1 is 1.08 bits per heavy atom. The minimum Gasteiger partial charge on any atom is -0.294 e. The van der Waals surface area contributed by atoms with Gasteiger partial charge in [-0.15, -0.1) is 0 Å². The number of hydrogen-bond acceptors (Lipinski definition) is 3. The van der Waals surface area contributed by atoms with Gasteiger partial charge in [0.2, 0.25) is 0 Å². The lowest BCUT2D eigenvalue weighted by molar-refractivity contribution is 0.137. The molecule has 0 aliphatic rings. The van der Waals surface area contributed by atoms with Crippen molar-refractivity contribution >= 4 is 7.75 Å². The zero-order valence-corrected chi connectivity index (χ0v) is 9.22. The summed E-state index contributed by atoms with van der Waals surface area (Å²) in [6.07, 6.45) is -0.218. The highest BCUT2D eigenvalue weighted by atomic mass is 31.2. The van der Waals surface area contributed by atoms with E-state index in [0.29, 0.717) is 0 Å². The van der Waals surface area contributed by atoms with Crippen LogP contribution < -0.4 is 5.09 Å². The van der Waals surface area contributed by atoms with E-state index in [9.17, 15) is 4.57 Å². The Morgan fingerprint density at radius 3 is 1.58 bits per heavy atom. The molecule has 0 aliphatic carbocycles. The maximum atomic E-state index is 11.6. The van der Waals surface area contributed by atoms with Crippen molar-refractivity contribution in [3.63, 3.8) is 0 Å². The molecule has 0 aromatic carbocycles. The lowest BCUT2D eigenvalue weighted by atomic mass is 10.5. The van der Waals surface area contributed by atoms with E-state index < -0.39 is 7.75 Å². The van der Waals surface area contributed by atoms with Crippen molar-refractivity contribution in [2.75, 3.05) is 7.05 Å². The zero-order chi connectivity index (χ0) is 9.78. The molecule has 0 atom stereocenters. The number of hydrogen-bond donors (Lipinski definition) is 1. The van der Waals surface area contributed by atoms with E-state index in [1.54, 1.807) is 7.05 Å². The second-order valence-electron chi connectivity index (χ2n) is 3.03. The fourth-order valence-electron chi connectivity index (χ4n) is 0.685. The molecule has 12 heavy (non-hydrogen) atoms. The molecule has 0 fully saturated rings. The molecule has 0 unspecified atom stereocenters. The van der Waals surface area contributed by atoms with Crippen molar-refractivity contribution in [3.05, 3.63) is 0 Å². The van der Waals surface area contributed by atoms with Gasteiger partial charge in [-0.25, -0.2) is 9.65 Å². The highest BCUT2D eigenvalue weighted by molar-refractivity contribution is 7.51. The molecular weight excluding hydrogens is 177 g/mol. The average Bonchev–Trinajstić information content (AvgIpc) is 1.83. The molecule has 0 bridgehead atoms. The third-order valence-corrected chi connectivity index (χ3v) is 2.92. The minimum absolute atomic E-state index is 0.109. The highest BCUT2D eigenvalue weighted by Gasteiger charge is 2.24. The van der Waals surface area contributed by atoms with Crippen LogP contribution in [0.4, 0.5) is 0 Å². The van der Waals surface area contributed by atoms with Gasteiger partial charge in [0.15, 0.2) is 0 Å². The summed E-state index contributed by atoms with van der Waals surface area (Å²) < 4.78 is 21.9. The van der Waals surface area contributed by atoms with E-state index in [4.69, 9.17) is 9.05 Å². The molecule has 0 rings (SSSR count).